The highest BCUT2D eigenvalue weighted by Gasteiger charge is 2.15. The highest BCUT2D eigenvalue weighted by molar-refractivity contribution is 5.58. The molecule has 0 N–H and O–H groups in total. The highest BCUT2D eigenvalue weighted by Crippen LogP contribution is 2.26. The maximum atomic E-state index is 4.35. The van der Waals surface area contributed by atoms with E-state index in [0.717, 1.165) is 22.9 Å². The third kappa shape index (κ3) is 2.67. The summed E-state index contributed by atoms with van der Waals surface area (Å²) in [5, 5.41) is 8.60. The van der Waals surface area contributed by atoms with Crippen molar-refractivity contribution in [1.82, 2.24) is 14.8 Å². The molecule has 1 heterocycles. The van der Waals surface area contributed by atoms with Crippen molar-refractivity contribution in [2.75, 3.05) is 0 Å². The molecule has 0 bridgehead atoms. The van der Waals surface area contributed by atoms with Crippen molar-refractivity contribution in [3.63, 3.8) is 0 Å². The van der Waals surface area contributed by atoms with E-state index in [1.165, 1.54) is 5.56 Å². The predicted molar refractivity (Wildman–Crippen MR) is 90.2 cm³/mol. The minimum Gasteiger partial charge on any atom is -0.279 e. The molecule has 0 saturated carbocycles. The van der Waals surface area contributed by atoms with E-state index >= 15 is 0 Å². The van der Waals surface area contributed by atoms with Crippen LogP contribution in [-0.4, -0.2) is 14.8 Å². The van der Waals surface area contributed by atoms with Gasteiger partial charge in [0.1, 0.15) is 5.82 Å². The van der Waals surface area contributed by atoms with E-state index in [1.54, 1.807) is 0 Å². The van der Waals surface area contributed by atoms with Gasteiger partial charge in [-0.2, -0.15) is 0 Å². The first-order valence-corrected chi connectivity index (χ1v) is 7.55. The number of hydrogen-bond donors (Lipinski definition) is 0. The van der Waals surface area contributed by atoms with Gasteiger partial charge in [0.15, 0.2) is 5.82 Å². The van der Waals surface area contributed by atoms with E-state index in [2.05, 4.69) is 71.9 Å². The van der Waals surface area contributed by atoms with Crippen LogP contribution < -0.4 is 0 Å². The molecule has 0 aliphatic heterocycles. The zero-order valence-corrected chi connectivity index (χ0v) is 13.5. The Labute approximate surface area is 131 Å². The molecule has 0 unspecified atom stereocenters. The van der Waals surface area contributed by atoms with Crippen LogP contribution in [0.15, 0.2) is 54.6 Å². The highest BCUT2D eigenvalue weighted by atomic mass is 15.3. The Morgan fingerprint density at radius 1 is 0.818 bits per heavy atom. The Morgan fingerprint density at radius 3 is 2.05 bits per heavy atom. The molecule has 0 spiro atoms. The molecule has 112 valence electrons. The maximum Gasteiger partial charge on any atom is 0.168 e. The topological polar surface area (TPSA) is 30.7 Å². The Bertz CT molecular complexity index is 763. The first-order chi connectivity index (χ1) is 10.5. The average Bonchev–Trinajstić information content (AvgIpc) is 2.89. The van der Waals surface area contributed by atoms with Crippen LogP contribution >= 0.6 is 0 Å². The second-order valence-electron chi connectivity index (χ2n) is 6.57. The molecule has 3 heteroatoms. The van der Waals surface area contributed by atoms with Gasteiger partial charge >= 0.3 is 0 Å². The van der Waals surface area contributed by atoms with E-state index < -0.39 is 0 Å². The van der Waals surface area contributed by atoms with E-state index in [4.69, 9.17) is 0 Å². The van der Waals surface area contributed by atoms with Crippen molar-refractivity contribution in [1.29, 1.82) is 0 Å². The lowest BCUT2D eigenvalue weighted by molar-refractivity contribution is 0.590. The Hall–Kier alpha value is -2.42. The van der Waals surface area contributed by atoms with Crippen LogP contribution in [0.2, 0.25) is 0 Å². The van der Waals surface area contributed by atoms with Crippen LogP contribution in [0.5, 0.6) is 0 Å². The molecule has 0 radical (unpaired) electrons. The summed E-state index contributed by atoms with van der Waals surface area (Å²) in [4.78, 5) is 0. The number of aryl methyl sites for hydroxylation is 1. The summed E-state index contributed by atoms with van der Waals surface area (Å²) < 4.78 is 2.10. The fourth-order valence-electron chi connectivity index (χ4n) is 2.56. The van der Waals surface area contributed by atoms with Crippen LogP contribution in [0.1, 0.15) is 32.2 Å². The molecule has 0 atom stereocenters. The molecule has 22 heavy (non-hydrogen) atoms. The lowest BCUT2D eigenvalue weighted by Gasteiger charge is -2.19. The summed E-state index contributed by atoms with van der Waals surface area (Å²) in [5.41, 5.74) is 3.64. The molecule has 3 aromatic rings. The van der Waals surface area contributed by atoms with Crippen molar-refractivity contribution in [2.45, 2.75) is 33.1 Å². The first-order valence-electron chi connectivity index (χ1n) is 7.55. The van der Waals surface area contributed by atoms with Gasteiger partial charge in [0, 0.05) is 11.3 Å². The standard InChI is InChI=1S/C19H21N3/c1-14-20-21-18(15-8-6-5-7-9-15)22(14)17-12-10-16(11-13-17)19(2,3)4/h5-13H,1-4H3. The fourth-order valence-corrected chi connectivity index (χ4v) is 2.56. The second kappa shape index (κ2) is 5.41. The van der Waals surface area contributed by atoms with E-state index in [9.17, 15) is 0 Å². The summed E-state index contributed by atoms with van der Waals surface area (Å²) in [6.45, 7) is 8.65. The van der Waals surface area contributed by atoms with Crippen LogP contribution in [0.4, 0.5) is 0 Å². The van der Waals surface area contributed by atoms with Gasteiger partial charge in [-0.15, -0.1) is 10.2 Å². The van der Waals surface area contributed by atoms with Crippen LogP contribution in [0, 0.1) is 6.92 Å². The maximum absolute atomic E-state index is 4.35. The minimum absolute atomic E-state index is 0.156. The molecular weight excluding hydrogens is 270 g/mol. The van der Waals surface area contributed by atoms with Crippen molar-refractivity contribution in [2.24, 2.45) is 0 Å². The van der Waals surface area contributed by atoms with Gasteiger partial charge in [-0.3, -0.25) is 4.57 Å². The normalized spacial score (nSPS) is 11.6. The zero-order chi connectivity index (χ0) is 15.7. The van der Waals surface area contributed by atoms with Crippen LogP contribution in [0.25, 0.3) is 17.1 Å². The molecule has 3 nitrogen and oxygen atoms in total. The largest absolute Gasteiger partial charge is 0.279 e. The number of nitrogens with zero attached hydrogens (tertiary/aromatic N) is 3. The Balaban J connectivity index is 2.08. The quantitative estimate of drug-likeness (QED) is 0.694. The summed E-state index contributed by atoms with van der Waals surface area (Å²) in [7, 11) is 0. The number of benzene rings is 2. The molecule has 0 aliphatic carbocycles. The van der Waals surface area contributed by atoms with E-state index in [0.29, 0.717) is 0 Å². The molecule has 0 aliphatic rings. The molecule has 0 saturated heterocycles. The summed E-state index contributed by atoms with van der Waals surface area (Å²) in [6.07, 6.45) is 0. The molecule has 0 amide bonds. The van der Waals surface area contributed by atoms with Crippen LogP contribution in [-0.2, 0) is 5.41 Å². The SMILES string of the molecule is Cc1nnc(-c2ccccc2)n1-c1ccc(C(C)(C)C)cc1. The van der Waals surface area contributed by atoms with Gasteiger partial charge < -0.3 is 0 Å². The Morgan fingerprint density at radius 2 is 1.45 bits per heavy atom. The molecule has 2 aromatic carbocycles. The third-order valence-electron chi connectivity index (χ3n) is 3.85. The third-order valence-corrected chi connectivity index (χ3v) is 3.85. The first kappa shape index (κ1) is 14.5. The van der Waals surface area contributed by atoms with Gasteiger partial charge in [-0.25, -0.2) is 0 Å². The second-order valence-corrected chi connectivity index (χ2v) is 6.57. The van der Waals surface area contributed by atoms with Gasteiger partial charge in [0.05, 0.1) is 0 Å². The van der Waals surface area contributed by atoms with Crippen LogP contribution in [0.3, 0.4) is 0 Å². The van der Waals surface area contributed by atoms with Crippen molar-refractivity contribution < 1.29 is 0 Å². The van der Waals surface area contributed by atoms with Gasteiger partial charge in [-0.1, -0.05) is 63.2 Å². The van der Waals surface area contributed by atoms with Gasteiger partial charge in [-0.05, 0) is 30.0 Å². The van der Waals surface area contributed by atoms with E-state index in [1.807, 2.05) is 25.1 Å². The summed E-state index contributed by atoms with van der Waals surface area (Å²) in [5.74, 6) is 1.77. The monoisotopic (exact) mass is 291 g/mol. The average molecular weight is 291 g/mol. The fraction of sp³-hybridized carbons (Fsp3) is 0.263. The lowest BCUT2D eigenvalue weighted by atomic mass is 9.87. The summed E-state index contributed by atoms with van der Waals surface area (Å²) in [6, 6.07) is 18.8. The van der Waals surface area contributed by atoms with Crippen molar-refractivity contribution in [3.05, 3.63) is 66.0 Å². The zero-order valence-electron chi connectivity index (χ0n) is 13.5. The number of rotatable bonds is 2. The molecule has 3 rings (SSSR count). The summed E-state index contributed by atoms with van der Waals surface area (Å²) >= 11 is 0. The molecule has 1 aromatic heterocycles. The van der Waals surface area contributed by atoms with Gasteiger partial charge in [0.25, 0.3) is 0 Å². The Kier molecular flexibility index (Phi) is 3.57. The predicted octanol–water partition coefficient (Wildman–Crippen LogP) is 4.54. The van der Waals surface area contributed by atoms with E-state index in [-0.39, 0.29) is 5.41 Å². The van der Waals surface area contributed by atoms with Crippen molar-refractivity contribution in [3.8, 4) is 17.1 Å². The molecule has 0 fully saturated rings. The van der Waals surface area contributed by atoms with Gasteiger partial charge in [0.2, 0.25) is 0 Å². The lowest BCUT2D eigenvalue weighted by Crippen LogP contribution is -2.11. The molecular formula is C19H21N3. The number of hydrogen-bond acceptors (Lipinski definition) is 2. The smallest absolute Gasteiger partial charge is 0.168 e. The minimum atomic E-state index is 0.156. The number of aromatic nitrogens is 3. The van der Waals surface area contributed by atoms with Crippen molar-refractivity contribution >= 4 is 0 Å².